The van der Waals surface area contributed by atoms with Crippen molar-refractivity contribution in [3.8, 4) is 0 Å². The van der Waals surface area contributed by atoms with Crippen LogP contribution in [-0.4, -0.2) is 98.2 Å². The number of carbonyl (C=O) groups is 1. The summed E-state index contributed by atoms with van der Waals surface area (Å²) >= 11 is 0. The number of ketones is 1. The van der Waals surface area contributed by atoms with Gasteiger partial charge in [0, 0.05) is 57.5 Å². The highest BCUT2D eigenvalue weighted by Gasteiger charge is 2.52. The lowest BCUT2D eigenvalue weighted by atomic mass is 9.85. The maximum absolute atomic E-state index is 13.4. The van der Waals surface area contributed by atoms with E-state index in [2.05, 4.69) is 77.8 Å². The van der Waals surface area contributed by atoms with Gasteiger partial charge >= 0.3 is 0 Å². The maximum Gasteiger partial charge on any atom is 0.184 e. The average Bonchev–Trinajstić information content (AvgIpc) is 3.63. The predicted molar refractivity (Wildman–Crippen MR) is 184 cm³/mol. The number of aliphatic hydroxyl groups excluding tert-OH is 1. The molecule has 0 saturated carbocycles. The summed E-state index contributed by atoms with van der Waals surface area (Å²) in [5.74, 6) is 0.904. The Hall–Kier alpha value is -0.969. The van der Waals surface area contributed by atoms with E-state index in [0.29, 0.717) is 12.2 Å². The predicted octanol–water partition coefficient (Wildman–Crippen LogP) is 6.02. The minimum absolute atomic E-state index is 0.0204. The molecule has 3 heterocycles. The summed E-state index contributed by atoms with van der Waals surface area (Å²) in [7, 11) is -1.84. The van der Waals surface area contributed by atoms with E-state index < -0.39 is 31.1 Å². The molecule has 44 heavy (non-hydrogen) atoms. The highest BCUT2D eigenvalue weighted by molar-refractivity contribution is 6.70. The van der Waals surface area contributed by atoms with Gasteiger partial charge in [-0.2, -0.15) is 0 Å². The first-order valence-electron chi connectivity index (χ1n) is 16.3. The third kappa shape index (κ3) is 11.7. The fraction of sp³-hybridized carbons (Fsp3) is 0.812. The SMILES string of the molecule is C[C@@H]([C@@H]1O[C@H]1C[C@@H]1OC[C@H](CC(=O)CC(O)c2ccc(N(C)C)nc2)[C@@H](O[Si](C)(C)C)[C@@H]1O[Si](C)(C)C)[C@H](C)O[Si](C)(C)C. The average molecular weight is 669 g/mol. The number of epoxide rings is 1. The van der Waals surface area contributed by atoms with E-state index in [0.717, 1.165) is 12.2 Å². The van der Waals surface area contributed by atoms with Gasteiger partial charge in [0.1, 0.15) is 11.6 Å². The van der Waals surface area contributed by atoms with Crippen molar-refractivity contribution in [2.75, 3.05) is 25.6 Å². The molecule has 12 heteroatoms. The number of Topliss-reactive ketones (excluding diaryl/α,β-unsaturated/α-hetero) is 1. The van der Waals surface area contributed by atoms with Crippen LogP contribution in [0.5, 0.6) is 0 Å². The topological polar surface area (TPSA) is 103 Å². The number of carbonyl (C=O) groups excluding carboxylic acids is 1. The number of rotatable bonds is 16. The van der Waals surface area contributed by atoms with Gasteiger partial charge in [0.05, 0.1) is 43.2 Å². The number of aromatic nitrogens is 1. The standard InChI is InChI=1S/C32H60N2O7Si3/c1-21(22(2)39-42(5,6)7)30-28(38-30)18-27-32(41-44(11,12)13)31(40-43(8,9)10)24(20-37-27)16-25(35)17-26(36)23-14-15-29(33-19-23)34(3)4/h14-15,19,21-22,24,26-28,30-32,36H,16-18,20H2,1-13H3/t21-,22+,24+,26?,27+,28+,30+,31-,32-/m1/s1. The summed E-state index contributed by atoms with van der Waals surface area (Å²) in [6.07, 6.45) is 1.36. The molecule has 0 spiro atoms. The van der Waals surface area contributed by atoms with Crippen molar-refractivity contribution in [2.24, 2.45) is 11.8 Å². The zero-order valence-corrected chi connectivity index (χ0v) is 32.5. The lowest BCUT2D eigenvalue weighted by Gasteiger charge is -2.47. The number of hydrogen-bond acceptors (Lipinski definition) is 9. The van der Waals surface area contributed by atoms with Crippen molar-refractivity contribution in [1.82, 2.24) is 4.98 Å². The molecule has 252 valence electrons. The summed E-state index contributed by atoms with van der Waals surface area (Å²) < 4.78 is 32.8. The number of hydrogen-bond donors (Lipinski definition) is 1. The molecule has 1 aromatic rings. The Labute approximate surface area is 269 Å². The van der Waals surface area contributed by atoms with Crippen molar-refractivity contribution < 1.29 is 32.7 Å². The number of aliphatic hydroxyl groups is 1. The van der Waals surface area contributed by atoms with E-state index in [1.807, 2.05) is 31.1 Å². The first-order valence-corrected chi connectivity index (χ1v) is 26.5. The summed E-state index contributed by atoms with van der Waals surface area (Å²) in [5.41, 5.74) is 0.636. The number of nitrogens with zero attached hydrogens (tertiary/aromatic N) is 2. The van der Waals surface area contributed by atoms with Crippen molar-refractivity contribution >= 4 is 36.6 Å². The van der Waals surface area contributed by atoms with E-state index >= 15 is 0 Å². The van der Waals surface area contributed by atoms with Crippen LogP contribution in [0, 0.1) is 11.8 Å². The molecule has 9 nitrogen and oxygen atoms in total. The van der Waals surface area contributed by atoms with Crippen molar-refractivity contribution in [3.63, 3.8) is 0 Å². The molecule has 1 aromatic heterocycles. The molecule has 2 aliphatic heterocycles. The van der Waals surface area contributed by atoms with Gasteiger partial charge in [-0.15, -0.1) is 0 Å². The van der Waals surface area contributed by atoms with Crippen LogP contribution < -0.4 is 4.90 Å². The molecule has 1 N–H and O–H groups in total. The zero-order chi connectivity index (χ0) is 33.2. The second-order valence-corrected chi connectivity index (χ2v) is 29.4. The molecule has 2 aliphatic rings. The zero-order valence-electron chi connectivity index (χ0n) is 29.5. The summed E-state index contributed by atoms with van der Waals surface area (Å²) in [6.45, 7) is 24.5. The molecule has 2 fully saturated rings. The molecular formula is C32H60N2O7Si3. The maximum atomic E-state index is 13.4. The molecule has 3 rings (SSSR count). The van der Waals surface area contributed by atoms with Crippen molar-refractivity contribution in [3.05, 3.63) is 23.9 Å². The Morgan fingerprint density at radius 1 is 0.977 bits per heavy atom. The Morgan fingerprint density at radius 2 is 1.59 bits per heavy atom. The van der Waals surface area contributed by atoms with Crippen LogP contribution in [0.25, 0.3) is 0 Å². The molecule has 2 saturated heterocycles. The van der Waals surface area contributed by atoms with Crippen LogP contribution in [0.1, 0.15) is 44.8 Å². The van der Waals surface area contributed by atoms with E-state index in [1.165, 1.54) is 0 Å². The first kappa shape index (κ1) is 37.5. The van der Waals surface area contributed by atoms with Crippen LogP contribution in [-0.2, 0) is 27.5 Å². The minimum Gasteiger partial charge on any atom is -0.415 e. The van der Waals surface area contributed by atoms with Gasteiger partial charge in [0.25, 0.3) is 0 Å². The molecule has 9 atom stereocenters. The van der Waals surface area contributed by atoms with Gasteiger partial charge < -0.3 is 32.8 Å². The van der Waals surface area contributed by atoms with Gasteiger partial charge in [0.2, 0.25) is 0 Å². The number of pyridine rings is 1. The van der Waals surface area contributed by atoms with Gasteiger partial charge in [-0.25, -0.2) is 4.98 Å². The number of anilines is 1. The molecule has 1 unspecified atom stereocenters. The summed E-state index contributed by atoms with van der Waals surface area (Å²) in [6, 6.07) is 3.68. The van der Waals surface area contributed by atoms with Crippen molar-refractivity contribution in [1.29, 1.82) is 0 Å². The first-order chi connectivity index (χ1) is 20.1. The lowest BCUT2D eigenvalue weighted by molar-refractivity contribution is -0.159. The Balaban J connectivity index is 1.73. The fourth-order valence-corrected chi connectivity index (χ4v) is 9.53. The Morgan fingerprint density at radius 3 is 2.11 bits per heavy atom. The van der Waals surface area contributed by atoms with Gasteiger partial charge in [-0.3, -0.25) is 4.79 Å². The summed E-state index contributed by atoms with van der Waals surface area (Å²) in [4.78, 5) is 19.7. The molecule has 0 radical (unpaired) electrons. The van der Waals surface area contributed by atoms with Crippen LogP contribution in [0.3, 0.4) is 0 Å². The van der Waals surface area contributed by atoms with Gasteiger partial charge in [-0.05, 0) is 77.5 Å². The van der Waals surface area contributed by atoms with Gasteiger partial charge in [-0.1, -0.05) is 13.0 Å². The lowest BCUT2D eigenvalue weighted by Crippen LogP contribution is -2.58. The van der Waals surface area contributed by atoms with Crippen LogP contribution in [0.2, 0.25) is 58.9 Å². The van der Waals surface area contributed by atoms with Crippen LogP contribution in [0.4, 0.5) is 5.82 Å². The second kappa shape index (κ2) is 14.8. The van der Waals surface area contributed by atoms with Gasteiger partial charge in [0.15, 0.2) is 25.0 Å². The van der Waals surface area contributed by atoms with E-state index in [9.17, 15) is 9.90 Å². The van der Waals surface area contributed by atoms with E-state index in [-0.39, 0.29) is 67.1 Å². The largest absolute Gasteiger partial charge is 0.415 e. The van der Waals surface area contributed by atoms with Crippen LogP contribution in [0.15, 0.2) is 18.3 Å². The quantitative estimate of drug-likeness (QED) is 0.167. The highest BCUT2D eigenvalue weighted by atomic mass is 28.4. The minimum atomic E-state index is -2.01. The fourth-order valence-electron chi connectivity index (χ4n) is 5.95. The normalized spacial score (nSPS) is 28.3. The molecular weight excluding hydrogens is 609 g/mol. The third-order valence-corrected chi connectivity index (χ3v) is 11.1. The Bertz CT molecular complexity index is 1070. The molecule has 0 amide bonds. The molecule has 0 aliphatic carbocycles. The monoisotopic (exact) mass is 668 g/mol. The second-order valence-electron chi connectivity index (χ2n) is 16.0. The Kier molecular flexibility index (Phi) is 12.7. The van der Waals surface area contributed by atoms with E-state index in [1.54, 1.807) is 6.20 Å². The van der Waals surface area contributed by atoms with Crippen LogP contribution >= 0.6 is 0 Å². The smallest absolute Gasteiger partial charge is 0.184 e. The molecule has 0 bridgehead atoms. The van der Waals surface area contributed by atoms with Crippen molar-refractivity contribution in [2.45, 2.75) is 135 Å². The highest BCUT2D eigenvalue weighted by Crippen LogP contribution is 2.41. The summed E-state index contributed by atoms with van der Waals surface area (Å²) in [5, 5.41) is 10.9. The molecule has 0 aromatic carbocycles. The number of ether oxygens (including phenoxy) is 2. The van der Waals surface area contributed by atoms with E-state index in [4.69, 9.17) is 22.8 Å². The third-order valence-electron chi connectivity index (χ3n) is 8.07.